The first kappa shape index (κ1) is 39.0. The van der Waals surface area contributed by atoms with E-state index in [4.69, 9.17) is 4.55 Å². The number of hydrogen-bond acceptors (Lipinski definition) is 7. The highest BCUT2D eigenvalue weighted by atomic mass is 33.1. The number of carbonyl (C=O) groups excluding carboxylic acids is 3. The summed E-state index contributed by atoms with van der Waals surface area (Å²) in [4.78, 5) is 38.2. The van der Waals surface area contributed by atoms with Gasteiger partial charge in [0.25, 0.3) is 10.1 Å². The third-order valence-corrected chi connectivity index (χ3v) is 11.8. The van der Waals surface area contributed by atoms with E-state index in [1.807, 2.05) is 63.4 Å². The van der Waals surface area contributed by atoms with Crippen LogP contribution in [0.15, 0.2) is 0 Å². The highest BCUT2D eigenvalue weighted by molar-refractivity contribution is 8.77. The minimum Gasteiger partial charge on any atom is -0.356 e. The van der Waals surface area contributed by atoms with Gasteiger partial charge in [0.05, 0.1) is 32.9 Å². The van der Waals surface area contributed by atoms with Crippen LogP contribution in [0.2, 0.25) is 0 Å². The molecule has 1 rings (SSSR count). The van der Waals surface area contributed by atoms with Gasteiger partial charge in [0, 0.05) is 60.7 Å². The van der Waals surface area contributed by atoms with Gasteiger partial charge in [-0.15, -0.1) is 0 Å². The van der Waals surface area contributed by atoms with Crippen LogP contribution in [-0.2, 0) is 24.5 Å². The summed E-state index contributed by atoms with van der Waals surface area (Å²) in [6.45, 7) is 10.4. The minimum atomic E-state index is -3.95. The van der Waals surface area contributed by atoms with E-state index in [0.29, 0.717) is 62.8 Å². The lowest BCUT2D eigenvalue weighted by molar-refractivity contribution is -0.890. The molecule has 0 aromatic rings. The van der Waals surface area contributed by atoms with E-state index < -0.39 is 20.9 Å². The van der Waals surface area contributed by atoms with Crippen molar-refractivity contribution >= 4 is 49.4 Å². The molecule has 0 saturated carbocycles. The Morgan fingerprint density at radius 2 is 1.52 bits per heavy atom. The fraction of sp³-hybridized carbons (Fsp3) is 0.897. The number of carbonyl (C=O) groups is 3. The predicted octanol–water partition coefficient (Wildman–Crippen LogP) is 4.02. The molecule has 3 amide bonds. The van der Waals surface area contributed by atoms with Crippen molar-refractivity contribution in [3.8, 4) is 0 Å². The van der Waals surface area contributed by atoms with Crippen molar-refractivity contribution in [2.75, 3.05) is 58.3 Å². The molecule has 1 aliphatic heterocycles. The van der Waals surface area contributed by atoms with E-state index in [9.17, 15) is 22.8 Å². The Kier molecular flexibility index (Phi) is 17.4. The predicted molar refractivity (Wildman–Crippen MR) is 175 cm³/mol. The molecule has 1 fully saturated rings. The second-order valence-electron chi connectivity index (χ2n) is 13.1. The van der Waals surface area contributed by atoms with Crippen molar-refractivity contribution < 1.29 is 31.8 Å². The smallest absolute Gasteiger partial charge is 0.265 e. The second kappa shape index (κ2) is 18.7. The fourth-order valence-corrected chi connectivity index (χ4v) is 8.72. The van der Waals surface area contributed by atoms with Crippen LogP contribution >= 0.6 is 21.6 Å². The van der Waals surface area contributed by atoms with E-state index in [-0.39, 0.29) is 23.5 Å². The Balaban J connectivity index is 2.32. The number of amides is 3. The molecule has 2 atom stereocenters. The lowest BCUT2D eigenvalue weighted by Gasteiger charge is -2.35. The molecule has 13 heteroatoms. The van der Waals surface area contributed by atoms with Crippen molar-refractivity contribution in [3.05, 3.63) is 0 Å². The number of quaternary nitrogens is 1. The fourth-order valence-electron chi connectivity index (χ4n) is 5.20. The van der Waals surface area contributed by atoms with Gasteiger partial charge in [-0.25, -0.2) is 0 Å². The van der Waals surface area contributed by atoms with E-state index in [0.717, 1.165) is 31.1 Å². The summed E-state index contributed by atoms with van der Waals surface area (Å²) in [5.74, 6) is 0.877. The second-order valence-corrected chi connectivity index (χ2v) is 17.5. The summed E-state index contributed by atoms with van der Waals surface area (Å²) in [6.07, 6.45) is 7.77. The molecule has 4 N–H and O–H groups in total. The van der Waals surface area contributed by atoms with Crippen molar-refractivity contribution in [2.45, 2.75) is 97.2 Å². The number of rotatable bonds is 22. The summed E-state index contributed by atoms with van der Waals surface area (Å²) in [5.41, 5.74) is -1.45. The van der Waals surface area contributed by atoms with Gasteiger partial charge in [-0.1, -0.05) is 55.7 Å². The number of nitrogens with zero attached hydrogens (tertiary/aromatic N) is 1. The quantitative estimate of drug-likeness (QED) is 0.0595. The van der Waals surface area contributed by atoms with E-state index in [1.165, 1.54) is 18.6 Å². The molecular formula is C29H57N4O6S3+. The zero-order valence-corrected chi connectivity index (χ0v) is 29.2. The zero-order chi connectivity index (χ0) is 31.9. The van der Waals surface area contributed by atoms with Crippen molar-refractivity contribution in [2.24, 2.45) is 10.8 Å². The van der Waals surface area contributed by atoms with Crippen LogP contribution in [0.3, 0.4) is 0 Å². The van der Waals surface area contributed by atoms with E-state index in [1.54, 1.807) is 0 Å². The van der Waals surface area contributed by atoms with Crippen molar-refractivity contribution in [1.82, 2.24) is 16.0 Å². The number of nitrogens with one attached hydrogen (secondary N) is 3. The highest BCUT2D eigenvalue weighted by Gasteiger charge is 2.40. The molecule has 0 spiro atoms. The highest BCUT2D eigenvalue weighted by Crippen LogP contribution is 2.40. The SMILES string of the molecule is CCC(C)(CC(C)(C)C(=O)NCCCNC(=O)CCCCC1CCSS1)C(=O)NCCC[N+](C)(C)CCCS(=O)(=O)O. The zero-order valence-electron chi connectivity index (χ0n) is 26.8. The normalized spacial score (nSPS) is 17.5. The van der Waals surface area contributed by atoms with Crippen LogP contribution in [0.4, 0.5) is 0 Å². The first-order valence-corrected chi connectivity index (χ1v) is 19.4. The maximum atomic E-state index is 13.1. The minimum absolute atomic E-state index is 0.0690. The Labute approximate surface area is 262 Å². The molecule has 246 valence electrons. The standard InChI is InChI=1S/C29H56N4O6S3/c1-7-29(4,27(36)32-18-11-19-33(5,6)20-12-22-42(37,38)39)23-28(2,3)26(35)31-17-10-16-30-25(34)14-9-8-13-24-15-21-40-41-24/h24H,7-23H2,1-6H3,(H3-,30,31,32,34,35,36,37,38,39)/p+1. The maximum absolute atomic E-state index is 13.1. The maximum Gasteiger partial charge on any atom is 0.265 e. The summed E-state index contributed by atoms with van der Waals surface area (Å²) >= 11 is 0. The molecule has 2 unspecified atom stereocenters. The van der Waals surface area contributed by atoms with Gasteiger partial charge >= 0.3 is 0 Å². The van der Waals surface area contributed by atoms with Gasteiger partial charge in [0.15, 0.2) is 0 Å². The van der Waals surface area contributed by atoms with Crippen LogP contribution in [0.5, 0.6) is 0 Å². The van der Waals surface area contributed by atoms with Crippen LogP contribution in [-0.4, -0.2) is 98.7 Å². The molecule has 1 saturated heterocycles. The lowest BCUT2D eigenvalue weighted by atomic mass is 9.71. The Morgan fingerprint density at radius 3 is 2.14 bits per heavy atom. The van der Waals surface area contributed by atoms with Crippen LogP contribution in [0.25, 0.3) is 0 Å². The molecule has 0 bridgehead atoms. The molecule has 42 heavy (non-hydrogen) atoms. The molecule has 10 nitrogen and oxygen atoms in total. The van der Waals surface area contributed by atoms with Crippen LogP contribution < -0.4 is 16.0 Å². The Morgan fingerprint density at radius 1 is 0.905 bits per heavy atom. The molecule has 1 heterocycles. The molecule has 0 radical (unpaired) electrons. The van der Waals surface area contributed by atoms with Gasteiger partial charge in [0.1, 0.15) is 0 Å². The Hall–Kier alpha value is -1.02. The third kappa shape index (κ3) is 16.7. The molecule has 0 aliphatic carbocycles. The average molecular weight is 654 g/mol. The monoisotopic (exact) mass is 653 g/mol. The molecule has 0 aromatic carbocycles. The van der Waals surface area contributed by atoms with Gasteiger partial charge in [-0.3, -0.25) is 18.9 Å². The molecule has 0 aromatic heterocycles. The summed E-state index contributed by atoms with van der Waals surface area (Å²) in [6, 6.07) is 0. The number of hydrogen-bond donors (Lipinski definition) is 4. The third-order valence-electron chi connectivity index (χ3n) is 8.04. The largest absolute Gasteiger partial charge is 0.356 e. The van der Waals surface area contributed by atoms with Gasteiger partial charge < -0.3 is 20.4 Å². The van der Waals surface area contributed by atoms with Crippen molar-refractivity contribution in [3.63, 3.8) is 0 Å². The summed E-state index contributed by atoms with van der Waals surface area (Å²) in [5, 5.41) is 9.71. The van der Waals surface area contributed by atoms with E-state index >= 15 is 0 Å². The van der Waals surface area contributed by atoms with Crippen LogP contribution in [0, 0.1) is 10.8 Å². The molecular weight excluding hydrogens is 597 g/mol. The van der Waals surface area contributed by atoms with Crippen LogP contribution in [0.1, 0.15) is 91.9 Å². The van der Waals surface area contributed by atoms with Gasteiger partial charge in [-0.2, -0.15) is 8.42 Å². The summed E-state index contributed by atoms with van der Waals surface area (Å²) in [7, 11) is 3.96. The van der Waals surface area contributed by atoms with E-state index in [2.05, 4.69) is 16.0 Å². The average Bonchev–Trinajstić information content (AvgIpc) is 3.41. The first-order valence-electron chi connectivity index (χ1n) is 15.4. The first-order chi connectivity index (χ1) is 19.5. The number of unbranched alkanes of at least 4 members (excludes halogenated alkanes) is 1. The topological polar surface area (TPSA) is 142 Å². The Bertz CT molecular complexity index is 955. The van der Waals surface area contributed by atoms with Gasteiger partial charge in [0.2, 0.25) is 17.7 Å². The summed E-state index contributed by atoms with van der Waals surface area (Å²) < 4.78 is 31.4. The van der Waals surface area contributed by atoms with Gasteiger partial charge in [-0.05, 0) is 38.5 Å². The molecule has 1 aliphatic rings. The van der Waals surface area contributed by atoms with Crippen molar-refractivity contribution in [1.29, 1.82) is 0 Å². The lowest BCUT2D eigenvalue weighted by Crippen LogP contribution is -2.47.